The lowest BCUT2D eigenvalue weighted by Gasteiger charge is -1.99. The second-order valence-electron chi connectivity index (χ2n) is 3.39. The van der Waals surface area contributed by atoms with E-state index in [2.05, 4.69) is 10.1 Å². The molecule has 0 radical (unpaired) electrons. The zero-order chi connectivity index (χ0) is 9.54. The highest BCUT2D eigenvalue weighted by Crippen LogP contribution is 2.28. The van der Waals surface area contributed by atoms with Gasteiger partial charge in [0.2, 0.25) is 5.13 Å². The molecule has 2 heterocycles. The molecule has 0 aromatic carbocycles. The average molecular weight is 206 g/mol. The fourth-order valence-corrected chi connectivity index (χ4v) is 2.49. The van der Waals surface area contributed by atoms with E-state index in [0.29, 0.717) is 0 Å². The molecular weight excluding hydrogens is 196 g/mol. The van der Waals surface area contributed by atoms with Gasteiger partial charge < -0.3 is 5.73 Å². The summed E-state index contributed by atoms with van der Waals surface area (Å²) in [4.78, 5) is 4.20. The highest BCUT2D eigenvalue weighted by Gasteiger charge is 2.21. The summed E-state index contributed by atoms with van der Waals surface area (Å²) < 4.78 is 1.76. The Bertz CT molecular complexity index is 457. The number of rotatable bonds is 1. The zero-order valence-corrected chi connectivity index (χ0v) is 8.42. The molecule has 0 saturated carbocycles. The first-order valence-corrected chi connectivity index (χ1v) is 5.50. The van der Waals surface area contributed by atoms with Crippen molar-refractivity contribution in [2.24, 2.45) is 0 Å². The first-order chi connectivity index (χ1) is 6.86. The number of fused-ring (bicyclic) bond motifs is 1. The highest BCUT2D eigenvalue weighted by atomic mass is 32.1. The molecule has 0 atom stereocenters. The van der Waals surface area contributed by atoms with Gasteiger partial charge in [-0.1, -0.05) is 0 Å². The number of nitrogen functional groups attached to an aromatic ring is 1. The molecule has 14 heavy (non-hydrogen) atoms. The van der Waals surface area contributed by atoms with Crippen LogP contribution in [0.3, 0.4) is 0 Å². The van der Waals surface area contributed by atoms with Crippen LogP contribution in [0.25, 0.3) is 5.13 Å². The minimum Gasteiger partial charge on any atom is -0.383 e. The molecular formula is C9H10N4S. The lowest BCUT2D eigenvalue weighted by molar-refractivity contribution is 0.804. The summed E-state index contributed by atoms with van der Waals surface area (Å²) in [6.07, 6.45) is 5.07. The van der Waals surface area contributed by atoms with E-state index in [1.807, 2.05) is 5.38 Å². The maximum Gasteiger partial charge on any atom is 0.212 e. The van der Waals surface area contributed by atoms with E-state index in [4.69, 9.17) is 5.73 Å². The molecule has 72 valence electrons. The molecule has 1 aliphatic carbocycles. The number of nitrogens with zero attached hydrogens (tertiary/aromatic N) is 3. The van der Waals surface area contributed by atoms with E-state index in [0.717, 1.165) is 29.5 Å². The number of thiazole rings is 1. The average Bonchev–Trinajstić information content (AvgIpc) is 2.84. The maximum atomic E-state index is 6.01. The van der Waals surface area contributed by atoms with Gasteiger partial charge in [0.15, 0.2) is 0 Å². The fraction of sp³-hybridized carbons (Fsp3) is 0.333. The van der Waals surface area contributed by atoms with Crippen LogP contribution >= 0.6 is 11.3 Å². The van der Waals surface area contributed by atoms with Crippen LogP contribution in [0.4, 0.5) is 5.82 Å². The molecule has 0 saturated heterocycles. The van der Waals surface area contributed by atoms with Crippen molar-refractivity contribution in [2.75, 3.05) is 5.73 Å². The normalized spacial score (nSPS) is 14.6. The predicted molar refractivity (Wildman–Crippen MR) is 55.7 cm³/mol. The topological polar surface area (TPSA) is 56.7 Å². The summed E-state index contributed by atoms with van der Waals surface area (Å²) in [5.41, 5.74) is 8.39. The largest absolute Gasteiger partial charge is 0.383 e. The van der Waals surface area contributed by atoms with Crippen LogP contribution < -0.4 is 5.73 Å². The molecule has 5 heteroatoms. The lowest BCUT2D eigenvalue weighted by atomic mass is 10.3. The van der Waals surface area contributed by atoms with Gasteiger partial charge in [0.1, 0.15) is 5.82 Å². The van der Waals surface area contributed by atoms with Gasteiger partial charge in [-0.3, -0.25) is 0 Å². The van der Waals surface area contributed by atoms with Crippen molar-refractivity contribution in [1.82, 2.24) is 14.8 Å². The number of aryl methyl sites for hydroxylation is 1. The van der Waals surface area contributed by atoms with Crippen LogP contribution in [0.5, 0.6) is 0 Å². The van der Waals surface area contributed by atoms with Gasteiger partial charge in [0.05, 0.1) is 5.69 Å². The molecule has 3 rings (SSSR count). The molecule has 0 unspecified atom stereocenters. The molecule has 4 nitrogen and oxygen atoms in total. The van der Waals surface area contributed by atoms with E-state index >= 15 is 0 Å². The third kappa shape index (κ3) is 0.988. The summed E-state index contributed by atoms with van der Waals surface area (Å²) >= 11 is 1.56. The minimum atomic E-state index is 0.771. The second-order valence-corrected chi connectivity index (χ2v) is 4.26. The summed E-state index contributed by atoms with van der Waals surface area (Å²) in [5, 5.41) is 7.26. The van der Waals surface area contributed by atoms with E-state index in [1.165, 1.54) is 12.0 Å². The second kappa shape index (κ2) is 2.81. The van der Waals surface area contributed by atoms with Crippen LogP contribution in [0.1, 0.15) is 17.7 Å². The summed E-state index contributed by atoms with van der Waals surface area (Å²) in [6.45, 7) is 0. The van der Waals surface area contributed by atoms with Crippen molar-refractivity contribution in [3.8, 4) is 5.13 Å². The predicted octanol–water partition coefficient (Wildman–Crippen LogP) is 1.40. The van der Waals surface area contributed by atoms with Crippen LogP contribution in [0.2, 0.25) is 0 Å². The van der Waals surface area contributed by atoms with Crippen molar-refractivity contribution in [3.63, 3.8) is 0 Å². The third-order valence-electron chi connectivity index (χ3n) is 2.55. The van der Waals surface area contributed by atoms with Crippen molar-refractivity contribution in [2.45, 2.75) is 19.3 Å². The Morgan fingerprint density at radius 2 is 2.36 bits per heavy atom. The van der Waals surface area contributed by atoms with E-state index < -0.39 is 0 Å². The fourth-order valence-electron chi connectivity index (χ4n) is 1.88. The Labute approximate surface area is 85.4 Å². The summed E-state index contributed by atoms with van der Waals surface area (Å²) in [7, 11) is 0. The molecule has 0 fully saturated rings. The molecule has 0 amide bonds. The number of hydrogen-bond donors (Lipinski definition) is 1. The molecule has 2 aromatic heterocycles. The van der Waals surface area contributed by atoms with Crippen LogP contribution in [0, 0.1) is 0 Å². The van der Waals surface area contributed by atoms with E-state index in [-0.39, 0.29) is 0 Å². The van der Waals surface area contributed by atoms with Crippen LogP contribution in [-0.4, -0.2) is 14.8 Å². The number of hydrogen-bond acceptors (Lipinski definition) is 4. The third-order valence-corrected chi connectivity index (χ3v) is 3.29. The van der Waals surface area contributed by atoms with Crippen LogP contribution in [-0.2, 0) is 12.8 Å². The summed E-state index contributed by atoms with van der Waals surface area (Å²) in [6, 6.07) is 0. The van der Waals surface area contributed by atoms with Gasteiger partial charge in [-0.05, 0) is 19.3 Å². The first kappa shape index (κ1) is 7.99. The Morgan fingerprint density at radius 1 is 1.43 bits per heavy atom. The minimum absolute atomic E-state index is 0.771. The number of aromatic nitrogens is 3. The van der Waals surface area contributed by atoms with Gasteiger partial charge >= 0.3 is 0 Å². The van der Waals surface area contributed by atoms with Crippen LogP contribution in [0.15, 0.2) is 11.6 Å². The number of nitrogens with two attached hydrogens (primary N) is 1. The highest BCUT2D eigenvalue weighted by molar-refractivity contribution is 7.12. The van der Waals surface area contributed by atoms with Crippen molar-refractivity contribution >= 4 is 17.2 Å². The Balaban J connectivity index is 2.17. The monoisotopic (exact) mass is 206 g/mol. The van der Waals surface area contributed by atoms with E-state index in [1.54, 1.807) is 22.2 Å². The molecule has 2 aromatic rings. The molecule has 1 aliphatic rings. The Hall–Kier alpha value is -1.36. The number of anilines is 1. The van der Waals surface area contributed by atoms with E-state index in [9.17, 15) is 0 Å². The van der Waals surface area contributed by atoms with Gasteiger partial charge in [0.25, 0.3) is 0 Å². The van der Waals surface area contributed by atoms with Gasteiger partial charge in [-0.2, -0.15) is 9.78 Å². The quantitative estimate of drug-likeness (QED) is 0.767. The first-order valence-electron chi connectivity index (χ1n) is 4.62. The zero-order valence-electron chi connectivity index (χ0n) is 7.60. The van der Waals surface area contributed by atoms with Gasteiger partial charge in [-0.25, -0.2) is 4.98 Å². The van der Waals surface area contributed by atoms with Crippen molar-refractivity contribution in [1.29, 1.82) is 0 Å². The molecule has 0 bridgehead atoms. The van der Waals surface area contributed by atoms with Gasteiger partial charge in [-0.15, -0.1) is 11.3 Å². The standard InChI is InChI=1S/C9H10N4S/c10-8-6-2-1-3-7(6)12-13(8)9-11-4-5-14-9/h4-5H,1-3,10H2. The lowest BCUT2D eigenvalue weighted by Crippen LogP contribution is -2.03. The Kier molecular flexibility index (Phi) is 1.61. The van der Waals surface area contributed by atoms with Gasteiger partial charge in [0, 0.05) is 17.1 Å². The maximum absolute atomic E-state index is 6.01. The summed E-state index contributed by atoms with van der Waals surface area (Å²) in [5.74, 6) is 0.771. The molecule has 0 aliphatic heterocycles. The molecule has 0 spiro atoms. The molecule has 2 N–H and O–H groups in total. The smallest absolute Gasteiger partial charge is 0.212 e. The SMILES string of the molecule is Nc1c2c(nn1-c1nccs1)CCC2. The van der Waals surface area contributed by atoms with Crippen molar-refractivity contribution in [3.05, 3.63) is 22.8 Å². The van der Waals surface area contributed by atoms with Crippen molar-refractivity contribution < 1.29 is 0 Å². The Morgan fingerprint density at radius 3 is 3.07 bits per heavy atom.